The average Bonchev–Trinajstić information content (AvgIpc) is 3.46. The molecule has 33 heavy (non-hydrogen) atoms. The minimum Gasteiger partial charge on any atom is -0.370 e. The van der Waals surface area contributed by atoms with Crippen LogP contribution < -0.4 is 4.90 Å². The highest BCUT2D eigenvalue weighted by Gasteiger charge is 2.28. The zero-order chi connectivity index (χ0) is 22.9. The molecule has 1 aromatic carbocycles. The Morgan fingerprint density at radius 2 is 1.82 bits per heavy atom. The van der Waals surface area contributed by atoms with E-state index in [0.29, 0.717) is 11.5 Å². The molecule has 166 valence electrons. The second-order valence-electron chi connectivity index (χ2n) is 8.52. The third-order valence-corrected chi connectivity index (χ3v) is 6.29. The Labute approximate surface area is 192 Å². The van der Waals surface area contributed by atoms with Gasteiger partial charge in [-0.25, -0.2) is 0 Å². The van der Waals surface area contributed by atoms with Crippen LogP contribution in [-0.2, 0) is 14.1 Å². The van der Waals surface area contributed by atoms with Gasteiger partial charge in [0.05, 0.1) is 28.8 Å². The van der Waals surface area contributed by atoms with Crippen LogP contribution in [0.3, 0.4) is 0 Å². The fraction of sp³-hybridized carbons (Fsp3) is 0.333. The van der Waals surface area contributed by atoms with Gasteiger partial charge in [-0.05, 0) is 31.9 Å². The summed E-state index contributed by atoms with van der Waals surface area (Å²) in [5.41, 5.74) is 5.98. The summed E-state index contributed by atoms with van der Waals surface area (Å²) in [6, 6.07) is 10.5. The number of hydrogen-bond donors (Lipinski definition) is 0. The molecule has 0 atom stereocenters. The molecule has 0 aliphatic carbocycles. The predicted molar refractivity (Wildman–Crippen MR) is 124 cm³/mol. The second-order valence-corrected chi connectivity index (χ2v) is 8.52. The lowest BCUT2D eigenvalue weighted by molar-refractivity contribution is 0.474. The summed E-state index contributed by atoms with van der Waals surface area (Å²) in [6.07, 6.45) is 7.30. The van der Waals surface area contributed by atoms with E-state index in [2.05, 4.69) is 42.5 Å². The van der Waals surface area contributed by atoms with Crippen molar-refractivity contribution in [2.75, 3.05) is 18.0 Å². The van der Waals surface area contributed by atoms with E-state index in [1.807, 2.05) is 50.0 Å². The van der Waals surface area contributed by atoms with Gasteiger partial charge in [0.15, 0.2) is 0 Å². The summed E-state index contributed by atoms with van der Waals surface area (Å²) in [7, 11) is 3.87. The first-order valence-electron chi connectivity index (χ1n) is 11.0. The Morgan fingerprint density at radius 1 is 1.03 bits per heavy atom. The maximum atomic E-state index is 10.3. The van der Waals surface area contributed by atoms with Crippen molar-refractivity contribution in [2.24, 2.45) is 14.1 Å². The highest BCUT2D eigenvalue weighted by atomic mass is 15.3. The van der Waals surface area contributed by atoms with E-state index in [-0.39, 0.29) is 0 Å². The van der Waals surface area contributed by atoms with Crippen molar-refractivity contribution in [3.63, 3.8) is 0 Å². The minimum atomic E-state index is 0.353. The Morgan fingerprint density at radius 3 is 2.45 bits per heavy atom. The molecule has 4 heterocycles. The van der Waals surface area contributed by atoms with Gasteiger partial charge in [0.1, 0.15) is 18.2 Å². The van der Waals surface area contributed by atoms with E-state index in [1.54, 1.807) is 17.2 Å². The quantitative estimate of drug-likeness (QED) is 0.481. The standard InChI is InChI=1S/C24H25N9/c1-16-12-18(14-26-28-16)19-4-5-20(22-8-9-32(3)30-22)21(13-25)23(19)33-10-6-17(7-11-33)24-29-27-15-31(24)2/h4-5,8-9,12,14-15,17H,6-7,10-11H2,1-3H3. The first-order chi connectivity index (χ1) is 16.0. The lowest BCUT2D eigenvalue weighted by Gasteiger charge is -2.35. The topological polar surface area (TPSA) is 101 Å². The van der Waals surface area contributed by atoms with Gasteiger partial charge < -0.3 is 9.47 Å². The zero-order valence-corrected chi connectivity index (χ0v) is 19.0. The van der Waals surface area contributed by atoms with Gasteiger partial charge in [-0.2, -0.15) is 20.6 Å². The molecule has 0 spiro atoms. The third-order valence-electron chi connectivity index (χ3n) is 6.29. The van der Waals surface area contributed by atoms with Crippen molar-refractivity contribution in [1.29, 1.82) is 5.26 Å². The van der Waals surface area contributed by atoms with Gasteiger partial charge in [0.25, 0.3) is 0 Å². The van der Waals surface area contributed by atoms with E-state index in [0.717, 1.165) is 65.5 Å². The summed E-state index contributed by atoms with van der Waals surface area (Å²) in [5.74, 6) is 1.37. The molecule has 9 nitrogen and oxygen atoms in total. The van der Waals surface area contributed by atoms with E-state index in [4.69, 9.17) is 0 Å². The van der Waals surface area contributed by atoms with Crippen LogP contribution >= 0.6 is 0 Å². The van der Waals surface area contributed by atoms with Crippen LogP contribution in [0.25, 0.3) is 22.4 Å². The van der Waals surface area contributed by atoms with Crippen LogP contribution in [0.15, 0.2) is 43.0 Å². The predicted octanol–water partition coefficient (Wildman–Crippen LogP) is 3.24. The molecule has 1 aliphatic rings. The van der Waals surface area contributed by atoms with Crippen LogP contribution in [0.5, 0.6) is 0 Å². The zero-order valence-electron chi connectivity index (χ0n) is 19.0. The maximum Gasteiger partial charge on any atom is 0.135 e. The molecule has 0 bridgehead atoms. The van der Waals surface area contributed by atoms with E-state index < -0.39 is 0 Å². The molecule has 0 saturated carbocycles. The largest absolute Gasteiger partial charge is 0.370 e. The molecule has 0 unspecified atom stereocenters. The van der Waals surface area contributed by atoms with Gasteiger partial charge in [-0.1, -0.05) is 12.1 Å². The molecule has 4 aromatic rings. The van der Waals surface area contributed by atoms with Crippen LogP contribution in [-0.4, -0.2) is 47.8 Å². The first kappa shape index (κ1) is 20.8. The Hall–Kier alpha value is -4.06. The molecule has 0 radical (unpaired) electrons. The fourth-order valence-corrected chi connectivity index (χ4v) is 4.68. The van der Waals surface area contributed by atoms with Crippen molar-refractivity contribution in [3.05, 3.63) is 60.1 Å². The van der Waals surface area contributed by atoms with Crippen LogP contribution in [0.1, 0.15) is 35.8 Å². The van der Waals surface area contributed by atoms with E-state index >= 15 is 0 Å². The SMILES string of the molecule is Cc1cc(-c2ccc(-c3ccn(C)n3)c(C#N)c2N2CCC(c3nncn3C)CC2)cnn1. The van der Waals surface area contributed by atoms with Crippen molar-refractivity contribution >= 4 is 5.69 Å². The lowest BCUT2D eigenvalue weighted by atomic mass is 9.91. The molecule has 1 aliphatic heterocycles. The highest BCUT2D eigenvalue weighted by molar-refractivity contribution is 5.89. The maximum absolute atomic E-state index is 10.3. The molecule has 0 N–H and O–H groups in total. The molecule has 1 fully saturated rings. The van der Waals surface area contributed by atoms with E-state index in [1.165, 1.54) is 0 Å². The molecule has 0 amide bonds. The second kappa shape index (κ2) is 8.47. The number of rotatable bonds is 4. The molecule has 9 heteroatoms. The highest BCUT2D eigenvalue weighted by Crippen LogP contribution is 2.41. The normalized spacial score (nSPS) is 14.4. The Kier molecular flexibility index (Phi) is 5.34. The summed E-state index contributed by atoms with van der Waals surface area (Å²) in [6.45, 7) is 3.57. The molecular weight excluding hydrogens is 414 g/mol. The Bertz CT molecular complexity index is 1340. The van der Waals surface area contributed by atoms with Crippen molar-refractivity contribution in [3.8, 4) is 28.5 Å². The fourth-order valence-electron chi connectivity index (χ4n) is 4.68. The first-order valence-corrected chi connectivity index (χ1v) is 11.0. The van der Waals surface area contributed by atoms with Crippen LogP contribution in [0.2, 0.25) is 0 Å². The summed E-state index contributed by atoms with van der Waals surface area (Å²) in [4.78, 5) is 2.32. The number of benzene rings is 1. The third kappa shape index (κ3) is 3.84. The molecule has 5 rings (SSSR count). The van der Waals surface area contributed by atoms with Gasteiger partial charge in [0.2, 0.25) is 0 Å². The van der Waals surface area contributed by atoms with Gasteiger partial charge in [-0.3, -0.25) is 4.68 Å². The Balaban J connectivity index is 1.59. The van der Waals surface area contributed by atoms with Gasteiger partial charge in [-0.15, -0.1) is 10.2 Å². The molecular formula is C24H25N9. The van der Waals surface area contributed by atoms with Gasteiger partial charge >= 0.3 is 0 Å². The van der Waals surface area contributed by atoms with Crippen molar-refractivity contribution in [1.82, 2.24) is 34.7 Å². The van der Waals surface area contributed by atoms with Crippen molar-refractivity contribution < 1.29 is 0 Å². The van der Waals surface area contributed by atoms with Crippen molar-refractivity contribution in [2.45, 2.75) is 25.7 Å². The summed E-state index contributed by atoms with van der Waals surface area (Å²) < 4.78 is 3.76. The monoisotopic (exact) mass is 439 g/mol. The van der Waals surface area contributed by atoms with Crippen LogP contribution in [0.4, 0.5) is 5.69 Å². The minimum absolute atomic E-state index is 0.353. The average molecular weight is 440 g/mol. The summed E-state index contributed by atoms with van der Waals surface area (Å²) >= 11 is 0. The van der Waals surface area contributed by atoms with E-state index in [9.17, 15) is 5.26 Å². The number of nitriles is 1. The summed E-state index contributed by atoms with van der Waals surface area (Å²) in [5, 5.41) is 31.5. The van der Waals surface area contributed by atoms with Crippen LogP contribution in [0, 0.1) is 18.3 Å². The number of aromatic nitrogens is 7. The number of nitrogens with zero attached hydrogens (tertiary/aromatic N) is 9. The molecule has 1 saturated heterocycles. The van der Waals surface area contributed by atoms with Gasteiger partial charge in [0, 0.05) is 56.0 Å². The number of hydrogen-bond acceptors (Lipinski definition) is 7. The molecule has 3 aromatic heterocycles. The smallest absolute Gasteiger partial charge is 0.135 e. The number of anilines is 1. The lowest BCUT2D eigenvalue weighted by Crippen LogP contribution is -2.34. The number of piperidine rings is 1. The number of aryl methyl sites for hydroxylation is 3.